The van der Waals surface area contributed by atoms with Crippen molar-refractivity contribution in [3.63, 3.8) is 0 Å². The Balaban J connectivity index is 2.09. The molecule has 0 amide bonds. The van der Waals surface area contributed by atoms with Gasteiger partial charge in [0.2, 0.25) is 0 Å². The van der Waals surface area contributed by atoms with Crippen LogP contribution in [-0.2, 0) is 28.5 Å². The molecule has 0 fully saturated rings. The van der Waals surface area contributed by atoms with Crippen LogP contribution in [0.15, 0.2) is 64.8 Å². The molecular weight excluding hydrogens is 494 g/mol. The molecule has 32 heavy (non-hydrogen) atoms. The van der Waals surface area contributed by atoms with Gasteiger partial charge in [-0.25, -0.2) is 4.79 Å². The zero-order chi connectivity index (χ0) is 23.5. The largest absolute Gasteiger partial charge is 0.484 e. The summed E-state index contributed by atoms with van der Waals surface area (Å²) in [5.41, 5.74) is 7.74. The number of hydrogen-bond donors (Lipinski definition) is 1. The first kappa shape index (κ1) is 24.2. The third kappa shape index (κ3) is 4.96. The van der Waals surface area contributed by atoms with Crippen molar-refractivity contribution in [1.82, 2.24) is 0 Å². The molecule has 0 spiro atoms. The van der Waals surface area contributed by atoms with Crippen LogP contribution in [0.25, 0.3) is 0 Å². The molecule has 0 bridgehead atoms. The van der Waals surface area contributed by atoms with Crippen LogP contribution >= 0.6 is 27.7 Å². The van der Waals surface area contributed by atoms with Crippen molar-refractivity contribution in [2.45, 2.75) is 36.4 Å². The monoisotopic (exact) mass is 519 g/mol. The van der Waals surface area contributed by atoms with Gasteiger partial charge in [-0.2, -0.15) is 0 Å². The van der Waals surface area contributed by atoms with Gasteiger partial charge in [-0.15, -0.1) is 11.8 Å². The number of halogens is 1. The maximum absolute atomic E-state index is 12.7. The van der Waals surface area contributed by atoms with E-state index >= 15 is 0 Å². The lowest BCUT2D eigenvalue weighted by molar-refractivity contribution is -0.159. The van der Waals surface area contributed by atoms with Gasteiger partial charge in [-0.3, -0.25) is 4.79 Å². The molecular formula is C24H26BrNO5S. The summed E-state index contributed by atoms with van der Waals surface area (Å²) >= 11 is 5.08. The third-order valence-electron chi connectivity index (χ3n) is 4.74. The van der Waals surface area contributed by atoms with E-state index in [1.807, 2.05) is 54.6 Å². The number of ether oxygens (including phenoxy) is 3. The number of carbonyl (C=O) groups is 2. The molecule has 2 N–H and O–H groups in total. The summed E-state index contributed by atoms with van der Waals surface area (Å²) in [7, 11) is 1.33. The molecule has 2 atom stereocenters. The lowest BCUT2D eigenvalue weighted by atomic mass is 9.89. The van der Waals surface area contributed by atoms with Gasteiger partial charge in [0.15, 0.2) is 11.9 Å². The molecule has 1 aliphatic rings. The van der Waals surface area contributed by atoms with Crippen molar-refractivity contribution in [3.05, 3.63) is 76.0 Å². The van der Waals surface area contributed by atoms with E-state index in [0.29, 0.717) is 15.9 Å². The number of rotatable bonds is 6. The van der Waals surface area contributed by atoms with Crippen molar-refractivity contribution in [3.8, 4) is 0 Å². The van der Waals surface area contributed by atoms with Gasteiger partial charge in [0.1, 0.15) is 16.1 Å². The number of nitrogen functional groups attached to an aromatic ring is 1. The van der Waals surface area contributed by atoms with E-state index in [1.54, 1.807) is 20.8 Å². The number of carbonyl (C=O) groups excluding carboxylic acids is 2. The molecule has 0 aromatic heterocycles. The summed E-state index contributed by atoms with van der Waals surface area (Å²) in [6, 6.07) is 17.2. The molecule has 170 valence electrons. The van der Waals surface area contributed by atoms with Gasteiger partial charge in [0, 0.05) is 5.69 Å². The van der Waals surface area contributed by atoms with Crippen LogP contribution in [0, 0.1) is 0 Å². The summed E-state index contributed by atoms with van der Waals surface area (Å²) in [4.78, 5) is 25.0. The Labute approximate surface area is 200 Å². The molecule has 1 aliphatic heterocycles. The summed E-state index contributed by atoms with van der Waals surface area (Å²) in [5, 5.41) is -0.783. The second kappa shape index (κ2) is 9.58. The average Bonchev–Trinajstić information content (AvgIpc) is 3.05. The molecule has 2 aromatic rings. The number of anilines is 1. The van der Waals surface area contributed by atoms with Crippen LogP contribution in [0.1, 0.15) is 31.9 Å². The lowest BCUT2D eigenvalue weighted by Crippen LogP contribution is -2.28. The highest BCUT2D eigenvalue weighted by atomic mass is 79.9. The highest BCUT2D eigenvalue weighted by Crippen LogP contribution is 2.60. The Morgan fingerprint density at radius 3 is 2.22 bits per heavy atom. The predicted molar refractivity (Wildman–Crippen MR) is 129 cm³/mol. The molecule has 1 heterocycles. The number of hydrogen-bond acceptors (Lipinski definition) is 7. The zero-order valence-electron chi connectivity index (χ0n) is 18.4. The van der Waals surface area contributed by atoms with Crippen LogP contribution in [0.2, 0.25) is 0 Å². The summed E-state index contributed by atoms with van der Waals surface area (Å²) in [6.45, 7) is 5.02. The second-order valence-electron chi connectivity index (χ2n) is 8.24. The summed E-state index contributed by atoms with van der Waals surface area (Å²) in [6.07, 6.45) is 0. The van der Waals surface area contributed by atoms with Gasteiger partial charge >= 0.3 is 11.9 Å². The minimum Gasteiger partial charge on any atom is -0.484 e. The van der Waals surface area contributed by atoms with E-state index in [2.05, 4.69) is 15.9 Å². The molecule has 0 aliphatic carbocycles. The standard InChI is InChI=1S/C24H26BrNO5S/c1-23(2,3)31-18(27)14-30-19-20(22(28)29-4)32-24(21(19)25,15-8-6-5-7-9-15)16-10-12-17(26)13-11-16/h5-13,20H,14,26H2,1-4H3. The van der Waals surface area contributed by atoms with Crippen LogP contribution in [0.4, 0.5) is 5.69 Å². The minimum atomic E-state index is -0.795. The van der Waals surface area contributed by atoms with Crippen molar-refractivity contribution in [1.29, 1.82) is 0 Å². The highest BCUT2D eigenvalue weighted by molar-refractivity contribution is 9.12. The van der Waals surface area contributed by atoms with Gasteiger partial charge in [-0.1, -0.05) is 42.5 Å². The van der Waals surface area contributed by atoms with E-state index in [-0.39, 0.29) is 6.61 Å². The Kier molecular flexibility index (Phi) is 7.25. The summed E-state index contributed by atoms with van der Waals surface area (Å²) in [5.74, 6) is -0.670. The molecule has 0 saturated carbocycles. The van der Waals surface area contributed by atoms with Crippen LogP contribution in [0.3, 0.4) is 0 Å². The quantitative estimate of drug-likeness (QED) is 0.434. The number of benzene rings is 2. The summed E-state index contributed by atoms with van der Waals surface area (Å²) < 4.78 is 16.1. The number of methoxy groups -OCH3 is 1. The second-order valence-corrected chi connectivity index (χ2v) is 10.4. The first-order valence-corrected chi connectivity index (χ1v) is 11.7. The maximum atomic E-state index is 12.7. The third-order valence-corrected chi connectivity index (χ3v) is 7.66. The normalized spacial score (nSPS) is 20.7. The number of nitrogens with two attached hydrogens (primary N) is 1. The van der Waals surface area contributed by atoms with Crippen molar-refractivity contribution in [2.75, 3.05) is 19.5 Å². The van der Waals surface area contributed by atoms with Crippen LogP contribution < -0.4 is 5.73 Å². The number of esters is 2. The molecule has 2 unspecified atom stereocenters. The zero-order valence-corrected chi connectivity index (χ0v) is 20.8. The van der Waals surface area contributed by atoms with E-state index in [1.165, 1.54) is 18.9 Å². The molecule has 0 radical (unpaired) electrons. The van der Waals surface area contributed by atoms with Crippen molar-refractivity contribution < 1.29 is 23.8 Å². The Morgan fingerprint density at radius 2 is 1.66 bits per heavy atom. The van der Waals surface area contributed by atoms with E-state index in [4.69, 9.17) is 19.9 Å². The molecule has 0 saturated heterocycles. The van der Waals surface area contributed by atoms with Gasteiger partial charge in [0.25, 0.3) is 0 Å². The topological polar surface area (TPSA) is 87.9 Å². The fourth-order valence-electron chi connectivity index (χ4n) is 3.43. The fraction of sp³-hybridized carbons (Fsp3) is 0.333. The Bertz CT molecular complexity index is 1020. The SMILES string of the molecule is COC(=O)C1SC(c2ccccc2)(c2ccc(N)cc2)C(Br)=C1OCC(=O)OC(C)(C)C. The van der Waals surface area contributed by atoms with Crippen LogP contribution in [-0.4, -0.2) is 36.5 Å². The minimum absolute atomic E-state index is 0.327. The van der Waals surface area contributed by atoms with E-state index in [9.17, 15) is 9.59 Å². The first-order chi connectivity index (χ1) is 15.1. The first-order valence-electron chi connectivity index (χ1n) is 10.0. The van der Waals surface area contributed by atoms with Gasteiger partial charge in [-0.05, 0) is 60.0 Å². The Hall–Kier alpha value is -2.45. The molecule has 6 nitrogen and oxygen atoms in total. The van der Waals surface area contributed by atoms with Crippen LogP contribution in [0.5, 0.6) is 0 Å². The molecule has 2 aromatic carbocycles. The smallest absolute Gasteiger partial charge is 0.344 e. The van der Waals surface area contributed by atoms with Gasteiger partial charge in [0.05, 0.1) is 11.6 Å². The fourth-order valence-corrected chi connectivity index (χ4v) is 6.25. The predicted octanol–water partition coefficient (Wildman–Crippen LogP) is 4.77. The highest BCUT2D eigenvalue weighted by Gasteiger charge is 2.52. The van der Waals surface area contributed by atoms with Crippen molar-refractivity contribution >= 4 is 45.3 Å². The maximum Gasteiger partial charge on any atom is 0.344 e. The average molecular weight is 520 g/mol. The number of thioether (sulfide) groups is 1. The van der Waals surface area contributed by atoms with Crippen molar-refractivity contribution in [2.24, 2.45) is 0 Å². The molecule has 3 rings (SSSR count). The van der Waals surface area contributed by atoms with E-state index < -0.39 is 27.5 Å². The van der Waals surface area contributed by atoms with Gasteiger partial charge < -0.3 is 19.9 Å². The Morgan fingerprint density at radius 1 is 1.06 bits per heavy atom. The van der Waals surface area contributed by atoms with E-state index in [0.717, 1.165) is 11.1 Å². The lowest BCUT2D eigenvalue weighted by Gasteiger charge is -2.31. The molecule has 8 heteroatoms.